The molecule has 0 fully saturated rings. The standard InChI is InChI=1S/C26H31N3O9/c1-16(2)22(28-26(33)38-15-17-8-6-5-7-9-17)24(31)27-23(25(32)37-4)20(14-21(30)36-3)18-10-12-19(13-11-18)29(34)35/h5-13,16,20,22-23H,14-15H2,1-4H3,(H,27,31)(H,28,33)/t20-,22+,23+/m1/s1. The number of nitro groups is 1. The van der Waals surface area contributed by atoms with E-state index < -0.39 is 52.8 Å². The molecule has 2 rings (SSSR count). The molecule has 12 nitrogen and oxygen atoms in total. The highest BCUT2D eigenvalue weighted by Crippen LogP contribution is 2.27. The number of benzene rings is 2. The van der Waals surface area contributed by atoms with Crippen molar-refractivity contribution in [3.05, 3.63) is 75.8 Å². The van der Waals surface area contributed by atoms with E-state index >= 15 is 0 Å². The number of ether oxygens (including phenoxy) is 3. The fourth-order valence-corrected chi connectivity index (χ4v) is 3.65. The summed E-state index contributed by atoms with van der Waals surface area (Å²) in [4.78, 5) is 61.1. The Bertz CT molecular complexity index is 1120. The van der Waals surface area contributed by atoms with E-state index in [4.69, 9.17) is 14.2 Å². The largest absolute Gasteiger partial charge is 0.469 e. The average Bonchev–Trinajstić information content (AvgIpc) is 2.92. The van der Waals surface area contributed by atoms with Gasteiger partial charge in [-0.2, -0.15) is 0 Å². The van der Waals surface area contributed by atoms with Gasteiger partial charge in [0, 0.05) is 18.1 Å². The van der Waals surface area contributed by atoms with E-state index in [0.29, 0.717) is 5.56 Å². The molecule has 0 bridgehead atoms. The fourth-order valence-electron chi connectivity index (χ4n) is 3.65. The van der Waals surface area contributed by atoms with Crippen LogP contribution in [-0.2, 0) is 35.2 Å². The summed E-state index contributed by atoms with van der Waals surface area (Å²) < 4.78 is 14.8. The van der Waals surface area contributed by atoms with Crippen molar-refractivity contribution in [1.82, 2.24) is 10.6 Å². The molecule has 0 aliphatic heterocycles. The number of hydrogen-bond acceptors (Lipinski definition) is 9. The smallest absolute Gasteiger partial charge is 0.408 e. The first-order valence-corrected chi connectivity index (χ1v) is 11.7. The minimum atomic E-state index is -1.38. The Hall–Kier alpha value is -4.48. The maximum Gasteiger partial charge on any atom is 0.408 e. The molecule has 2 amide bonds. The third-order valence-electron chi connectivity index (χ3n) is 5.74. The lowest BCUT2D eigenvalue weighted by Crippen LogP contribution is -2.55. The van der Waals surface area contributed by atoms with Crippen LogP contribution in [0.5, 0.6) is 0 Å². The van der Waals surface area contributed by atoms with Gasteiger partial charge in [-0.3, -0.25) is 19.7 Å². The summed E-state index contributed by atoms with van der Waals surface area (Å²) in [5.41, 5.74) is 0.919. The van der Waals surface area contributed by atoms with E-state index in [2.05, 4.69) is 10.6 Å². The highest BCUT2D eigenvalue weighted by molar-refractivity contribution is 5.90. The summed E-state index contributed by atoms with van der Waals surface area (Å²) in [5.74, 6) is -3.66. The molecule has 2 aromatic rings. The molecule has 0 spiro atoms. The number of carbonyl (C=O) groups is 4. The third-order valence-corrected chi connectivity index (χ3v) is 5.74. The number of nitrogens with one attached hydrogen (secondary N) is 2. The maximum absolute atomic E-state index is 13.3. The predicted octanol–water partition coefficient (Wildman–Crippen LogP) is 2.85. The molecule has 0 aliphatic carbocycles. The minimum absolute atomic E-state index is 0.00869. The monoisotopic (exact) mass is 529 g/mol. The maximum atomic E-state index is 13.3. The molecule has 12 heteroatoms. The highest BCUT2D eigenvalue weighted by Gasteiger charge is 2.37. The van der Waals surface area contributed by atoms with Gasteiger partial charge >= 0.3 is 18.0 Å². The Labute approximate surface area is 219 Å². The van der Waals surface area contributed by atoms with E-state index in [1.807, 2.05) is 6.07 Å². The molecule has 204 valence electrons. The van der Waals surface area contributed by atoms with Crippen LogP contribution in [0.2, 0.25) is 0 Å². The Morgan fingerprint density at radius 1 is 0.895 bits per heavy atom. The van der Waals surface area contributed by atoms with Crippen molar-refractivity contribution < 1.29 is 38.3 Å². The van der Waals surface area contributed by atoms with E-state index in [9.17, 15) is 29.3 Å². The molecule has 2 aromatic carbocycles. The van der Waals surface area contributed by atoms with Crippen LogP contribution < -0.4 is 10.6 Å². The lowest BCUT2D eigenvalue weighted by atomic mass is 9.87. The number of hydrogen-bond donors (Lipinski definition) is 2. The molecule has 2 N–H and O–H groups in total. The Morgan fingerprint density at radius 2 is 1.53 bits per heavy atom. The van der Waals surface area contributed by atoms with Crippen LogP contribution in [0.25, 0.3) is 0 Å². The van der Waals surface area contributed by atoms with Gasteiger partial charge < -0.3 is 24.8 Å². The van der Waals surface area contributed by atoms with Gasteiger partial charge in [-0.15, -0.1) is 0 Å². The van der Waals surface area contributed by atoms with Gasteiger partial charge in [0.15, 0.2) is 0 Å². The van der Waals surface area contributed by atoms with Gasteiger partial charge in [0.1, 0.15) is 18.7 Å². The topological polar surface area (TPSA) is 163 Å². The van der Waals surface area contributed by atoms with Crippen molar-refractivity contribution in [2.75, 3.05) is 14.2 Å². The van der Waals surface area contributed by atoms with Crippen molar-refractivity contribution in [3.63, 3.8) is 0 Å². The lowest BCUT2D eigenvalue weighted by Gasteiger charge is -2.29. The molecular weight excluding hydrogens is 498 g/mol. The molecule has 0 radical (unpaired) electrons. The minimum Gasteiger partial charge on any atom is -0.469 e. The Morgan fingerprint density at radius 3 is 2.05 bits per heavy atom. The quantitative estimate of drug-likeness (QED) is 0.182. The van der Waals surface area contributed by atoms with Crippen molar-refractivity contribution >= 4 is 29.6 Å². The van der Waals surface area contributed by atoms with Crippen molar-refractivity contribution in [2.45, 2.75) is 44.9 Å². The van der Waals surface area contributed by atoms with Gasteiger partial charge in [0.2, 0.25) is 5.91 Å². The zero-order valence-corrected chi connectivity index (χ0v) is 21.5. The zero-order chi connectivity index (χ0) is 28.2. The van der Waals surface area contributed by atoms with Crippen LogP contribution in [0.15, 0.2) is 54.6 Å². The molecule has 0 saturated heterocycles. The summed E-state index contributed by atoms with van der Waals surface area (Å²) in [7, 11) is 2.28. The number of carbonyl (C=O) groups excluding carboxylic acids is 4. The number of non-ortho nitro benzene ring substituents is 1. The van der Waals surface area contributed by atoms with Crippen molar-refractivity contribution in [1.29, 1.82) is 0 Å². The SMILES string of the molecule is COC(=O)C[C@H](c1ccc([N+](=O)[O-])cc1)[C@H](NC(=O)[C@@H](NC(=O)OCc1ccccc1)C(C)C)C(=O)OC. The number of esters is 2. The average molecular weight is 530 g/mol. The lowest BCUT2D eigenvalue weighted by molar-refractivity contribution is -0.384. The molecule has 0 unspecified atom stereocenters. The van der Waals surface area contributed by atoms with Crippen LogP contribution in [0.3, 0.4) is 0 Å². The normalized spacial score (nSPS) is 13.0. The molecule has 38 heavy (non-hydrogen) atoms. The summed E-state index contributed by atoms with van der Waals surface area (Å²) in [6.07, 6.45) is -1.17. The van der Waals surface area contributed by atoms with Crippen LogP contribution >= 0.6 is 0 Å². The van der Waals surface area contributed by atoms with Crippen LogP contribution in [0, 0.1) is 16.0 Å². The highest BCUT2D eigenvalue weighted by atomic mass is 16.6. The van der Waals surface area contributed by atoms with Gasteiger partial charge in [-0.05, 0) is 17.0 Å². The van der Waals surface area contributed by atoms with Gasteiger partial charge in [-0.1, -0.05) is 56.3 Å². The van der Waals surface area contributed by atoms with Gasteiger partial charge in [-0.25, -0.2) is 9.59 Å². The first-order valence-electron chi connectivity index (χ1n) is 11.7. The Kier molecular flexibility index (Phi) is 11.2. The number of rotatable bonds is 12. The van der Waals surface area contributed by atoms with E-state index in [0.717, 1.165) is 12.7 Å². The number of nitro benzene ring substituents is 1. The van der Waals surface area contributed by atoms with E-state index in [1.54, 1.807) is 38.1 Å². The molecule has 0 aliphatic rings. The second-order valence-corrected chi connectivity index (χ2v) is 8.67. The third kappa shape index (κ3) is 8.57. The summed E-state index contributed by atoms with van der Waals surface area (Å²) in [6, 6.07) is 11.7. The second-order valence-electron chi connectivity index (χ2n) is 8.67. The number of alkyl carbamates (subject to hydrolysis) is 1. The fraction of sp³-hybridized carbons (Fsp3) is 0.385. The Balaban J connectivity index is 2.26. The van der Waals surface area contributed by atoms with Crippen LogP contribution in [-0.4, -0.2) is 55.2 Å². The second kappa shape index (κ2) is 14.3. The van der Waals surface area contributed by atoms with Crippen LogP contribution in [0.4, 0.5) is 10.5 Å². The number of amides is 2. The molecule has 0 heterocycles. The van der Waals surface area contributed by atoms with Crippen molar-refractivity contribution in [2.24, 2.45) is 5.92 Å². The number of methoxy groups -OCH3 is 2. The predicted molar refractivity (Wildman–Crippen MR) is 135 cm³/mol. The van der Waals surface area contributed by atoms with Crippen molar-refractivity contribution in [3.8, 4) is 0 Å². The van der Waals surface area contributed by atoms with E-state index in [-0.39, 0.29) is 18.7 Å². The molecule has 3 atom stereocenters. The first kappa shape index (κ1) is 29.7. The number of nitrogens with zero attached hydrogens (tertiary/aromatic N) is 1. The van der Waals surface area contributed by atoms with Gasteiger partial charge in [0.05, 0.1) is 25.6 Å². The molecular formula is C26H31N3O9. The van der Waals surface area contributed by atoms with E-state index in [1.165, 1.54) is 31.4 Å². The molecule has 0 saturated carbocycles. The summed E-state index contributed by atoms with van der Waals surface area (Å²) >= 11 is 0. The first-order chi connectivity index (χ1) is 18.1. The summed E-state index contributed by atoms with van der Waals surface area (Å²) in [6.45, 7) is 3.37. The summed E-state index contributed by atoms with van der Waals surface area (Å²) in [5, 5.41) is 16.1. The van der Waals surface area contributed by atoms with Crippen LogP contribution in [0.1, 0.15) is 37.3 Å². The van der Waals surface area contributed by atoms with Gasteiger partial charge in [0.25, 0.3) is 5.69 Å². The zero-order valence-electron chi connectivity index (χ0n) is 21.5. The molecule has 0 aromatic heterocycles.